The van der Waals surface area contributed by atoms with E-state index < -0.39 is 83.0 Å². The zero-order valence-electron chi connectivity index (χ0n) is 47.1. The quantitative estimate of drug-likeness (QED) is 0.0558. The lowest BCUT2D eigenvalue weighted by Crippen LogP contribution is -2.55. The average molecular weight is 1060 g/mol. The van der Waals surface area contributed by atoms with Crippen molar-refractivity contribution >= 4 is 70.3 Å². The van der Waals surface area contributed by atoms with Crippen molar-refractivity contribution in [1.29, 1.82) is 0 Å². The Morgan fingerprint density at radius 2 is 1.04 bits per heavy atom. The van der Waals surface area contributed by atoms with E-state index in [0.29, 0.717) is 12.1 Å². The van der Waals surface area contributed by atoms with Crippen LogP contribution in [0.1, 0.15) is 129 Å². The molecule has 0 radical (unpaired) electrons. The molecule has 74 heavy (non-hydrogen) atoms. The third-order valence-corrected chi connectivity index (χ3v) is 9.19. The van der Waals surface area contributed by atoms with E-state index in [0.717, 1.165) is 16.5 Å². The van der Waals surface area contributed by atoms with Gasteiger partial charge in [-0.3, -0.25) is 19.4 Å². The maximum absolute atomic E-state index is 14.5. The molecule has 0 saturated carbocycles. The number of halogens is 1. The van der Waals surface area contributed by atoms with Crippen molar-refractivity contribution in [2.75, 3.05) is 51.0 Å². The van der Waals surface area contributed by atoms with Crippen LogP contribution >= 0.6 is 11.6 Å². The molecule has 0 aliphatic carbocycles. The summed E-state index contributed by atoms with van der Waals surface area (Å²) in [5, 5.41) is 14.2. The van der Waals surface area contributed by atoms with E-state index in [1.54, 1.807) is 89.2 Å². The molecule has 2 unspecified atom stereocenters. The minimum absolute atomic E-state index is 0.0270. The van der Waals surface area contributed by atoms with Crippen molar-refractivity contribution in [3.05, 3.63) is 72.4 Å². The number of aromatic nitrogens is 1. The number of fused-ring (bicyclic) bond motifs is 1. The molecule has 0 aliphatic rings. The Morgan fingerprint density at radius 3 is 1.57 bits per heavy atom. The number of pyridine rings is 1. The van der Waals surface area contributed by atoms with Gasteiger partial charge in [-0.15, -0.1) is 11.6 Å². The molecule has 19 nitrogen and oxygen atoms in total. The number of nitrogens with zero attached hydrogens (tertiary/aromatic N) is 3. The number of benzene rings is 2. The summed E-state index contributed by atoms with van der Waals surface area (Å²) < 4.78 is 21.8. The van der Waals surface area contributed by atoms with E-state index in [4.69, 9.17) is 18.9 Å². The summed E-state index contributed by atoms with van der Waals surface area (Å²) in [6.07, 6.45) is -0.285. The van der Waals surface area contributed by atoms with Crippen LogP contribution in [0.25, 0.3) is 10.9 Å². The van der Waals surface area contributed by atoms with Crippen LogP contribution in [0.3, 0.4) is 0 Å². The smallest absolute Gasteiger partial charge is 0.410 e. The number of amides is 7. The molecule has 5 N–H and O–H groups in total. The summed E-state index contributed by atoms with van der Waals surface area (Å²) in [5.74, 6) is -2.09. The Hall–Kier alpha value is -6.37. The Bertz CT molecular complexity index is 2190. The molecule has 0 fully saturated rings. The highest BCUT2D eigenvalue weighted by Gasteiger charge is 2.33. The fourth-order valence-electron chi connectivity index (χ4n) is 6.27. The predicted molar refractivity (Wildman–Crippen MR) is 292 cm³/mol. The molecule has 3 rings (SSSR count). The number of carbonyl (C=O) groups is 7. The first-order valence-electron chi connectivity index (χ1n) is 25.1. The molecule has 2 aromatic carbocycles. The van der Waals surface area contributed by atoms with Gasteiger partial charge in [-0.05, 0) is 114 Å². The highest BCUT2D eigenvalue weighted by molar-refractivity contribution is 6.15. The number of nitrogens with one attached hydrogen (secondary N) is 5. The molecule has 3 aromatic rings. The number of carbonyl (C=O) groups excluding carboxylic acids is 7. The predicted octanol–water partition coefficient (Wildman–Crippen LogP) is 9.60. The topological polar surface area (TPSA) is 236 Å². The van der Waals surface area contributed by atoms with E-state index in [9.17, 15) is 33.6 Å². The second kappa shape index (κ2) is 33.4. The van der Waals surface area contributed by atoms with Crippen molar-refractivity contribution in [2.24, 2.45) is 0 Å². The van der Waals surface area contributed by atoms with Gasteiger partial charge in [0.1, 0.15) is 34.5 Å². The lowest BCUT2D eigenvalue weighted by Gasteiger charge is -2.31. The fourth-order valence-corrected chi connectivity index (χ4v) is 6.27. The second-order valence-corrected chi connectivity index (χ2v) is 20.1. The maximum atomic E-state index is 14.5. The van der Waals surface area contributed by atoms with Crippen LogP contribution in [0.15, 0.2) is 66.9 Å². The molecule has 0 bridgehead atoms. The Kier molecular flexibility index (Phi) is 30.6. The van der Waals surface area contributed by atoms with Gasteiger partial charge in [-0.25, -0.2) is 19.2 Å². The average Bonchev–Trinajstić information content (AvgIpc) is 3.30. The largest absolute Gasteiger partial charge is 0.444 e. The first-order valence-corrected chi connectivity index (χ1v) is 25.9. The first-order chi connectivity index (χ1) is 34.6. The molecule has 0 aliphatic heterocycles. The van der Waals surface area contributed by atoms with Gasteiger partial charge < -0.3 is 55.3 Å². The van der Waals surface area contributed by atoms with Gasteiger partial charge in [0, 0.05) is 51.0 Å². The zero-order valence-corrected chi connectivity index (χ0v) is 47.8. The maximum Gasteiger partial charge on any atom is 0.410 e. The zero-order chi connectivity index (χ0) is 56.9. The minimum atomic E-state index is -1.58. The summed E-state index contributed by atoms with van der Waals surface area (Å²) >= 11 is 4.64. The molecule has 20 heteroatoms. The first kappa shape index (κ1) is 67.6. The standard InChI is InChI=1S/C49H72N8O11.2C2H6.CH3Cl/c1-46(2,3)65-42(61)50-24-26-56(28-29-57(45(64)68-49(10,11)12)27-25-51-43(62)66-47(4,5)6)39(58)31-38(55-44(63)67-48(7,8)9)41(60)54-37(23-22-33-18-14-13-15-19-33)40(59)53-35-30-34-20-16-17-21-36(34)52-32-35;3*1-2/h13-21,30,32,37-38H,22-29,31H2,1-12H3,(H,50,61)(H,51,62)(H,53,59)(H,54,60)(H,55,63);2*1-2H3;1H3. The molecule has 0 saturated heterocycles. The van der Waals surface area contributed by atoms with E-state index >= 15 is 0 Å². The van der Waals surface area contributed by atoms with Gasteiger partial charge in [0.15, 0.2) is 0 Å². The Balaban J connectivity index is 0.00000855. The second-order valence-electron chi connectivity index (χ2n) is 20.1. The number of alkyl halides is 1. The molecular formula is C54H87ClN8O11. The number of para-hydroxylation sites is 1. The fraction of sp³-hybridized carbons (Fsp3) is 0.593. The van der Waals surface area contributed by atoms with Gasteiger partial charge in [-0.1, -0.05) is 76.2 Å². The number of ether oxygens (including phenoxy) is 4. The molecular weight excluding hydrogens is 972 g/mol. The number of anilines is 1. The highest BCUT2D eigenvalue weighted by atomic mass is 35.5. The van der Waals surface area contributed by atoms with Gasteiger partial charge in [-0.2, -0.15) is 0 Å². The van der Waals surface area contributed by atoms with Crippen LogP contribution in [0.2, 0.25) is 0 Å². The van der Waals surface area contributed by atoms with E-state index in [1.807, 2.05) is 82.3 Å². The lowest BCUT2D eigenvalue weighted by atomic mass is 10.0. The summed E-state index contributed by atoms with van der Waals surface area (Å²) in [7, 11) is 0. The lowest BCUT2D eigenvalue weighted by molar-refractivity contribution is -0.135. The third-order valence-electron chi connectivity index (χ3n) is 9.19. The number of aryl methyl sites for hydroxylation is 1. The number of hydrogen-bond donors (Lipinski definition) is 5. The molecule has 0 spiro atoms. The molecule has 2 atom stereocenters. The number of hydrogen-bond acceptors (Lipinski definition) is 12. The normalized spacial score (nSPS) is 11.9. The third kappa shape index (κ3) is 30.0. The van der Waals surface area contributed by atoms with Gasteiger partial charge in [0.25, 0.3) is 0 Å². The van der Waals surface area contributed by atoms with Gasteiger partial charge in [0.05, 0.1) is 23.8 Å². The minimum Gasteiger partial charge on any atom is -0.444 e. The van der Waals surface area contributed by atoms with Crippen LogP contribution in [-0.2, 0) is 39.8 Å². The summed E-state index contributed by atoms with van der Waals surface area (Å²) in [6.45, 7) is 27.7. The van der Waals surface area contributed by atoms with Crippen molar-refractivity contribution < 1.29 is 52.5 Å². The van der Waals surface area contributed by atoms with Gasteiger partial charge in [0.2, 0.25) is 17.7 Å². The highest BCUT2D eigenvalue weighted by Crippen LogP contribution is 2.18. The van der Waals surface area contributed by atoms with Crippen molar-refractivity contribution in [3.63, 3.8) is 0 Å². The van der Waals surface area contributed by atoms with Crippen molar-refractivity contribution in [2.45, 2.75) is 165 Å². The van der Waals surface area contributed by atoms with Crippen LogP contribution in [0, 0.1) is 0 Å². The number of rotatable bonds is 19. The Morgan fingerprint density at radius 1 is 0.568 bits per heavy atom. The van der Waals surface area contributed by atoms with E-state index in [-0.39, 0.29) is 45.7 Å². The van der Waals surface area contributed by atoms with Crippen LogP contribution in [0.5, 0.6) is 0 Å². The molecule has 416 valence electrons. The molecule has 1 aromatic heterocycles. The van der Waals surface area contributed by atoms with Gasteiger partial charge >= 0.3 is 24.4 Å². The SMILES string of the molecule is CC.CC.CC(C)(C)OC(=O)NCCN(CCN(CCNC(=O)OC(C)(C)C)C(=O)OC(C)(C)C)C(=O)CC(NC(=O)OC(C)(C)C)C(=O)NC(CCc1ccccc1)C(=O)Nc1cnc2ccccc2c1.CCl. The Labute approximate surface area is 445 Å². The van der Waals surface area contributed by atoms with Crippen molar-refractivity contribution in [1.82, 2.24) is 36.1 Å². The number of alkyl carbamates (subject to hydrolysis) is 3. The summed E-state index contributed by atoms with van der Waals surface area (Å²) in [4.78, 5) is 102. The van der Waals surface area contributed by atoms with Crippen LogP contribution < -0.4 is 26.6 Å². The molecule has 7 amide bonds. The van der Waals surface area contributed by atoms with Crippen LogP contribution in [0.4, 0.5) is 24.9 Å². The molecule has 1 heterocycles. The van der Waals surface area contributed by atoms with E-state index in [1.165, 1.54) is 22.4 Å². The monoisotopic (exact) mass is 1060 g/mol. The van der Waals surface area contributed by atoms with Crippen LogP contribution in [-0.4, -0.2) is 137 Å². The summed E-state index contributed by atoms with van der Waals surface area (Å²) in [6, 6.07) is 15.8. The van der Waals surface area contributed by atoms with Crippen molar-refractivity contribution in [3.8, 4) is 0 Å². The summed E-state index contributed by atoms with van der Waals surface area (Å²) in [5.41, 5.74) is -1.42. The van der Waals surface area contributed by atoms with E-state index in [2.05, 4.69) is 43.2 Å².